The number of carbonyl (C=O) groups is 3. The van der Waals surface area contributed by atoms with Crippen molar-refractivity contribution in [2.24, 2.45) is 17.3 Å². The number of rotatable bonds is 2. The molecule has 1 heterocycles. The van der Waals surface area contributed by atoms with Crippen molar-refractivity contribution in [3.63, 3.8) is 0 Å². The van der Waals surface area contributed by atoms with Crippen LogP contribution in [-0.2, 0) is 14.4 Å². The highest BCUT2D eigenvalue weighted by Crippen LogP contribution is 2.63. The zero-order chi connectivity index (χ0) is 9.80. The number of piperidine rings is 1. The molecule has 1 aliphatic heterocycles. The first kappa shape index (κ1) is 8.41. The van der Waals surface area contributed by atoms with Gasteiger partial charge in [-0.1, -0.05) is 13.8 Å². The molecule has 0 spiro atoms. The van der Waals surface area contributed by atoms with Gasteiger partial charge in [-0.3, -0.25) is 14.5 Å². The van der Waals surface area contributed by atoms with Crippen LogP contribution in [0, 0.1) is 17.3 Å². The van der Waals surface area contributed by atoms with E-state index in [0.29, 0.717) is 6.29 Å². The third-order valence-corrected chi connectivity index (χ3v) is 3.15. The van der Waals surface area contributed by atoms with E-state index in [1.165, 1.54) is 0 Å². The lowest BCUT2D eigenvalue weighted by molar-refractivity contribution is -0.144. The molecule has 70 valence electrons. The molecule has 1 saturated carbocycles. The summed E-state index contributed by atoms with van der Waals surface area (Å²) >= 11 is 0. The third-order valence-electron chi connectivity index (χ3n) is 3.15. The Hall–Kier alpha value is -1.19. The Bertz CT molecular complexity index is 284. The van der Waals surface area contributed by atoms with Gasteiger partial charge in [0.1, 0.15) is 6.29 Å². The fourth-order valence-electron chi connectivity index (χ4n) is 2.26. The molecular formula is C9H11NO3. The largest absolute Gasteiger partial charge is 0.301 e. The minimum atomic E-state index is -0.174. The second-order valence-electron chi connectivity index (χ2n) is 4.23. The number of fused-ring (bicyclic) bond motifs is 1. The fourth-order valence-corrected chi connectivity index (χ4v) is 2.26. The zero-order valence-corrected chi connectivity index (χ0v) is 7.61. The number of hydrogen-bond acceptors (Lipinski definition) is 3. The molecule has 0 aromatic heterocycles. The highest BCUT2D eigenvalue weighted by atomic mass is 16.2. The molecule has 2 unspecified atom stereocenters. The summed E-state index contributed by atoms with van der Waals surface area (Å²) in [5, 5.41) is 0. The number of hydrogen-bond donors (Lipinski definition) is 0. The van der Waals surface area contributed by atoms with Crippen LogP contribution in [-0.4, -0.2) is 29.5 Å². The molecule has 0 N–H and O–H groups in total. The number of likely N-dealkylation sites (tertiary alicyclic amines) is 1. The molecule has 0 bridgehead atoms. The van der Waals surface area contributed by atoms with Crippen LogP contribution < -0.4 is 0 Å². The van der Waals surface area contributed by atoms with Gasteiger partial charge < -0.3 is 4.79 Å². The van der Waals surface area contributed by atoms with Crippen LogP contribution in [0.4, 0.5) is 0 Å². The van der Waals surface area contributed by atoms with Crippen LogP contribution in [0.1, 0.15) is 13.8 Å². The van der Waals surface area contributed by atoms with Gasteiger partial charge in [-0.25, -0.2) is 0 Å². The highest BCUT2D eigenvalue weighted by Gasteiger charge is 2.72. The summed E-state index contributed by atoms with van der Waals surface area (Å²) in [5.41, 5.74) is -0.173. The molecule has 2 rings (SSSR count). The van der Waals surface area contributed by atoms with E-state index >= 15 is 0 Å². The first-order valence-electron chi connectivity index (χ1n) is 4.30. The lowest BCUT2D eigenvalue weighted by atomic mass is 10.1. The molecule has 0 aromatic carbocycles. The molecule has 4 heteroatoms. The van der Waals surface area contributed by atoms with Crippen LogP contribution >= 0.6 is 0 Å². The maximum Gasteiger partial charge on any atom is 0.234 e. The second kappa shape index (κ2) is 2.19. The van der Waals surface area contributed by atoms with Gasteiger partial charge in [0, 0.05) is 0 Å². The molecule has 2 aliphatic rings. The van der Waals surface area contributed by atoms with Crippen molar-refractivity contribution in [1.29, 1.82) is 0 Å². The van der Waals surface area contributed by atoms with E-state index in [0.717, 1.165) is 4.90 Å². The molecule has 2 atom stereocenters. The molecule has 0 aromatic rings. The van der Waals surface area contributed by atoms with Gasteiger partial charge in [0.25, 0.3) is 0 Å². The molecule has 1 aliphatic carbocycles. The fraction of sp³-hybridized carbons (Fsp3) is 0.667. The van der Waals surface area contributed by atoms with Crippen LogP contribution in [0.25, 0.3) is 0 Å². The van der Waals surface area contributed by atoms with Crippen molar-refractivity contribution in [3.05, 3.63) is 0 Å². The predicted octanol–water partition coefficient (Wildman–Crippen LogP) is -0.174. The number of carbonyl (C=O) groups excluding carboxylic acids is 3. The monoisotopic (exact) mass is 181 g/mol. The minimum absolute atomic E-state index is 0.0826. The van der Waals surface area contributed by atoms with E-state index in [4.69, 9.17) is 0 Å². The first-order valence-corrected chi connectivity index (χ1v) is 4.30. The van der Waals surface area contributed by atoms with E-state index in [2.05, 4.69) is 0 Å². The smallest absolute Gasteiger partial charge is 0.234 e. The summed E-state index contributed by atoms with van der Waals surface area (Å²) in [6.07, 6.45) is 0.591. The third kappa shape index (κ3) is 0.829. The van der Waals surface area contributed by atoms with Gasteiger partial charge >= 0.3 is 0 Å². The van der Waals surface area contributed by atoms with Crippen LogP contribution in [0.15, 0.2) is 0 Å². The molecule has 4 nitrogen and oxygen atoms in total. The summed E-state index contributed by atoms with van der Waals surface area (Å²) in [6.45, 7) is 3.74. The quantitative estimate of drug-likeness (QED) is 0.439. The minimum Gasteiger partial charge on any atom is -0.301 e. The Morgan fingerprint density at radius 1 is 1.31 bits per heavy atom. The second-order valence-corrected chi connectivity index (χ2v) is 4.23. The van der Waals surface area contributed by atoms with E-state index in [-0.39, 0.29) is 35.6 Å². The first-order chi connectivity index (χ1) is 6.01. The van der Waals surface area contributed by atoms with E-state index in [1.54, 1.807) is 0 Å². The lowest BCUT2D eigenvalue weighted by Crippen LogP contribution is -2.37. The predicted molar refractivity (Wildman–Crippen MR) is 43.5 cm³/mol. The standard InChI is InChI=1S/C9H11NO3/c1-9(2)5-6(9)8(13)10(3-4-11)7(5)12/h4-6H,3H2,1-2H3. The highest BCUT2D eigenvalue weighted by molar-refractivity contribution is 6.11. The summed E-state index contributed by atoms with van der Waals surface area (Å²) in [7, 11) is 0. The number of aldehydes is 1. The Kier molecular flexibility index (Phi) is 1.41. The molecule has 2 amide bonds. The van der Waals surface area contributed by atoms with Gasteiger partial charge in [-0.15, -0.1) is 0 Å². The summed E-state index contributed by atoms with van der Waals surface area (Å²) in [5.74, 6) is -0.681. The van der Waals surface area contributed by atoms with Gasteiger partial charge in [0.05, 0.1) is 18.4 Å². The topological polar surface area (TPSA) is 54.5 Å². The Morgan fingerprint density at radius 2 is 1.77 bits per heavy atom. The van der Waals surface area contributed by atoms with Crippen molar-refractivity contribution in [2.45, 2.75) is 13.8 Å². The van der Waals surface area contributed by atoms with E-state index in [9.17, 15) is 14.4 Å². The van der Waals surface area contributed by atoms with E-state index in [1.807, 2.05) is 13.8 Å². The number of nitrogens with zero attached hydrogens (tertiary/aromatic N) is 1. The lowest BCUT2D eigenvalue weighted by Gasteiger charge is -2.17. The number of amides is 2. The molecule has 1 saturated heterocycles. The van der Waals surface area contributed by atoms with Crippen LogP contribution in [0.3, 0.4) is 0 Å². The van der Waals surface area contributed by atoms with Gasteiger partial charge in [-0.05, 0) is 5.41 Å². The summed E-state index contributed by atoms with van der Waals surface area (Å²) in [4.78, 5) is 34.3. The van der Waals surface area contributed by atoms with Crippen LogP contribution in [0.5, 0.6) is 0 Å². The molecule has 13 heavy (non-hydrogen) atoms. The van der Waals surface area contributed by atoms with Gasteiger partial charge in [0.15, 0.2) is 0 Å². The zero-order valence-electron chi connectivity index (χ0n) is 7.61. The molecular weight excluding hydrogens is 170 g/mol. The van der Waals surface area contributed by atoms with Crippen molar-refractivity contribution < 1.29 is 14.4 Å². The summed E-state index contributed by atoms with van der Waals surface area (Å²) < 4.78 is 0. The average Bonchev–Trinajstić information content (AvgIpc) is 2.51. The van der Waals surface area contributed by atoms with E-state index < -0.39 is 0 Å². The SMILES string of the molecule is CC1(C)C2C(=O)N(CC=O)C(=O)C21. The van der Waals surface area contributed by atoms with Crippen LogP contribution in [0.2, 0.25) is 0 Å². The normalized spacial score (nSPS) is 34.8. The van der Waals surface area contributed by atoms with Crippen molar-refractivity contribution in [3.8, 4) is 0 Å². The number of imide groups is 1. The summed E-state index contributed by atoms with van der Waals surface area (Å²) in [6, 6.07) is 0. The maximum atomic E-state index is 11.5. The Balaban J connectivity index is 2.22. The van der Waals surface area contributed by atoms with Crippen molar-refractivity contribution in [2.75, 3.05) is 6.54 Å². The molecule has 0 radical (unpaired) electrons. The average molecular weight is 181 g/mol. The Morgan fingerprint density at radius 3 is 2.15 bits per heavy atom. The van der Waals surface area contributed by atoms with Crippen molar-refractivity contribution in [1.82, 2.24) is 4.90 Å². The maximum absolute atomic E-state index is 11.5. The molecule has 2 fully saturated rings. The Labute approximate surface area is 75.9 Å². The van der Waals surface area contributed by atoms with Crippen molar-refractivity contribution >= 4 is 18.1 Å². The van der Waals surface area contributed by atoms with Gasteiger partial charge in [-0.2, -0.15) is 0 Å². The van der Waals surface area contributed by atoms with Gasteiger partial charge in [0.2, 0.25) is 11.8 Å².